The summed E-state index contributed by atoms with van der Waals surface area (Å²) >= 11 is 3.25. The molecule has 0 spiro atoms. The molecular formula is C16H14N2OS2. The molecule has 4 rings (SSSR count). The lowest BCUT2D eigenvalue weighted by Gasteiger charge is -2.29. The van der Waals surface area contributed by atoms with E-state index in [1.807, 2.05) is 29.2 Å². The van der Waals surface area contributed by atoms with Gasteiger partial charge in [-0.15, -0.1) is 22.7 Å². The average molecular weight is 314 g/mol. The molecule has 0 saturated heterocycles. The summed E-state index contributed by atoms with van der Waals surface area (Å²) in [4.78, 5) is 15.5. The van der Waals surface area contributed by atoms with E-state index in [1.165, 1.54) is 15.0 Å². The number of anilines is 2. The van der Waals surface area contributed by atoms with Crippen molar-refractivity contribution in [2.75, 3.05) is 17.2 Å². The number of carbonyl (C=O) groups excluding carboxylic acids is 1. The maximum Gasteiger partial charge on any atom is 0.268 e. The number of nitrogens with zero attached hydrogens (tertiary/aromatic N) is 1. The van der Waals surface area contributed by atoms with Crippen LogP contribution in [0.1, 0.15) is 21.7 Å². The molecule has 21 heavy (non-hydrogen) atoms. The number of nitrogens with two attached hydrogens (primary N) is 1. The van der Waals surface area contributed by atoms with Crippen molar-refractivity contribution in [3.63, 3.8) is 0 Å². The minimum Gasteiger partial charge on any atom is -0.399 e. The van der Waals surface area contributed by atoms with Gasteiger partial charge in [0.2, 0.25) is 0 Å². The second kappa shape index (κ2) is 4.86. The van der Waals surface area contributed by atoms with Gasteiger partial charge in [0.15, 0.2) is 0 Å². The zero-order valence-electron chi connectivity index (χ0n) is 11.3. The Bertz CT molecular complexity index is 805. The van der Waals surface area contributed by atoms with E-state index in [2.05, 4.69) is 11.4 Å². The Hall–Kier alpha value is -1.85. The maximum absolute atomic E-state index is 12.8. The smallest absolute Gasteiger partial charge is 0.268 e. The maximum atomic E-state index is 12.8. The van der Waals surface area contributed by atoms with Crippen LogP contribution in [-0.2, 0) is 6.42 Å². The summed E-state index contributed by atoms with van der Waals surface area (Å²) in [6, 6.07) is 9.95. The van der Waals surface area contributed by atoms with Crippen molar-refractivity contribution in [1.82, 2.24) is 0 Å². The van der Waals surface area contributed by atoms with Crippen LogP contribution in [0.2, 0.25) is 0 Å². The molecule has 1 aromatic carbocycles. The van der Waals surface area contributed by atoms with Crippen LogP contribution in [-0.4, -0.2) is 12.5 Å². The predicted molar refractivity (Wildman–Crippen MR) is 90.6 cm³/mol. The van der Waals surface area contributed by atoms with Crippen LogP contribution in [0.5, 0.6) is 0 Å². The van der Waals surface area contributed by atoms with E-state index in [9.17, 15) is 4.79 Å². The van der Waals surface area contributed by atoms with Gasteiger partial charge in [0, 0.05) is 27.3 Å². The summed E-state index contributed by atoms with van der Waals surface area (Å²) < 4.78 is 2.38. The molecule has 0 bridgehead atoms. The first kappa shape index (κ1) is 12.9. The van der Waals surface area contributed by atoms with Crippen molar-refractivity contribution >= 4 is 49.4 Å². The molecule has 3 aromatic rings. The van der Waals surface area contributed by atoms with Crippen molar-refractivity contribution in [3.05, 3.63) is 46.2 Å². The fraction of sp³-hybridized carbons (Fsp3) is 0.188. The lowest BCUT2D eigenvalue weighted by Crippen LogP contribution is -2.35. The number of carbonyl (C=O) groups is 1. The Morgan fingerprint density at radius 1 is 1.19 bits per heavy atom. The number of amides is 1. The number of fused-ring (bicyclic) bond motifs is 2. The SMILES string of the molecule is Nc1ccc2c(c1)N(C(=O)c1cc3sccc3s1)CCC2. The van der Waals surface area contributed by atoms with Gasteiger partial charge < -0.3 is 10.6 Å². The largest absolute Gasteiger partial charge is 0.399 e. The molecule has 5 heteroatoms. The van der Waals surface area contributed by atoms with Gasteiger partial charge in [0.05, 0.1) is 4.88 Å². The lowest BCUT2D eigenvalue weighted by molar-refractivity contribution is 0.0989. The van der Waals surface area contributed by atoms with E-state index in [1.54, 1.807) is 22.7 Å². The van der Waals surface area contributed by atoms with Gasteiger partial charge in [-0.3, -0.25) is 4.79 Å². The minimum atomic E-state index is 0.0925. The van der Waals surface area contributed by atoms with E-state index in [0.29, 0.717) is 5.69 Å². The number of nitrogen functional groups attached to an aromatic ring is 1. The summed E-state index contributed by atoms with van der Waals surface area (Å²) in [5.41, 5.74) is 8.79. The van der Waals surface area contributed by atoms with Gasteiger partial charge >= 0.3 is 0 Å². The summed E-state index contributed by atoms with van der Waals surface area (Å²) in [7, 11) is 0. The van der Waals surface area contributed by atoms with Crippen LogP contribution < -0.4 is 10.6 Å². The number of benzene rings is 1. The van der Waals surface area contributed by atoms with Crippen LogP contribution in [0.25, 0.3) is 9.40 Å². The first-order valence-corrected chi connectivity index (χ1v) is 8.59. The van der Waals surface area contributed by atoms with Crippen LogP contribution in [0.15, 0.2) is 35.7 Å². The van der Waals surface area contributed by atoms with Gasteiger partial charge in [0.25, 0.3) is 5.91 Å². The quantitative estimate of drug-likeness (QED) is 0.686. The zero-order valence-corrected chi connectivity index (χ0v) is 13.0. The summed E-state index contributed by atoms with van der Waals surface area (Å²) in [5, 5.41) is 2.06. The lowest BCUT2D eigenvalue weighted by atomic mass is 10.0. The molecule has 2 aromatic heterocycles. The number of thiophene rings is 2. The molecule has 0 fully saturated rings. The van der Waals surface area contributed by atoms with E-state index in [4.69, 9.17) is 5.73 Å². The van der Waals surface area contributed by atoms with Gasteiger partial charge in [-0.25, -0.2) is 0 Å². The summed E-state index contributed by atoms with van der Waals surface area (Å²) in [6.45, 7) is 0.765. The zero-order chi connectivity index (χ0) is 14.4. The van der Waals surface area contributed by atoms with Crippen molar-refractivity contribution in [3.8, 4) is 0 Å². The Balaban J connectivity index is 1.75. The molecule has 1 aliphatic rings. The number of rotatable bonds is 1. The van der Waals surface area contributed by atoms with Gasteiger partial charge in [-0.2, -0.15) is 0 Å². The van der Waals surface area contributed by atoms with E-state index in [0.717, 1.165) is 30.0 Å². The number of hydrogen-bond donors (Lipinski definition) is 1. The van der Waals surface area contributed by atoms with Gasteiger partial charge in [-0.05, 0) is 48.1 Å². The summed E-state index contributed by atoms with van der Waals surface area (Å²) in [6.07, 6.45) is 2.02. The second-order valence-electron chi connectivity index (χ2n) is 5.21. The van der Waals surface area contributed by atoms with Gasteiger partial charge in [0.1, 0.15) is 0 Å². The van der Waals surface area contributed by atoms with Crippen molar-refractivity contribution < 1.29 is 4.79 Å². The molecule has 1 amide bonds. The van der Waals surface area contributed by atoms with E-state index >= 15 is 0 Å². The molecule has 0 unspecified atom stereocenters. The second-order valence-corrected chi connectivity index (χ2v) is 7.24. The topological polar surface area (TPSA) is 46.3 Å². The standard InChI is InChI=1S/C16H14N2OS2/c17-11-4-3-10-2-1-6-18(12(10)8-11)16(19)15-9-14-13(21-15)5-7-20-14/h3-5,7-9H,1-2,6,17H2. The van der Waals surface area contributed by atoms with Crippen LogP contribution >= 0.6 is 22.7 Å². The highest BCUT2D eigenvalue weighted by molar-refractivity contribution is 7.27. The number of hydrogen-bond acceptors (Lipinski definition) is 4. The highest BCUT2D eigenvalue weighted by atomic mass is 32.1. The molecule has 3 heterocycles. The first-order valence-electron chi connectivity index (χ1n) is 6.90. The van der Waals surface area contributed by atoms with Gasteiger partial charge in [-0.1, -0.05) is 6.07 Å². The molecule has 2 N–H and O–H groups in total. The molecule has 0 atom stereocenters. The minimum absolute atomic E-state index is 0.0925. The van der Waals surface area contributed by atoms with Crippen LogP contribution in [0, 0.1) is 0 Å². The normalized spacial score (nSPS) is 14.4. The highest BCUT2D eigenvalue weighted by Crippen LogP contribution is 2.34. The Morgan fingerprint density at radius 2 is 2.10 bits per heavy atom. The fourth-order valence-corrected chi connectivity index (χ4v) is 4.86. The van der Waals surface area contributed by atoms with Crippen molar-refractivity contribution in [2.45, 2.75) is 12.8 Å². The monoisotopic (exact) mass is 314 g/mol. The average Bonchev–Trinajstić information content (AvgIpc) is 3.07. The third-order valence-corrected chi connectivity index (χ3v) is 5.90. The molecule has 0 aliphatic carbocycles. The summed E-state index contributed by atoms with van der Waals surface area (Å²) in [5.74, 6) is 0.0925. The predicted octanol–water partition coefficient (Wildman–Crippen LogP) is 4.14. The van der Waals surface area contributed by atoms with Crippen LogP contribution in [0.3, 0.4) is 0 Å². The Morgan fingerprint density at radius 3 is 2.95 bits per heavy atom. The van der Waals surface area contributed by atoms with E-state index in [-0.39, 0.29) is 5.91 Å². The Labute approximate surface area is 130 Å². The van der Waals surface area contributed by atoms with Crippen molar-refractivity contribution in [1.29, 1.82) is 0 Å². The molecule has 0 radical (unpaired) electrons. The first-order chi connectivity index (χ1) is 10.2. The molecule has 106 valence electrons. The fourth-order valence-electron chi connectivity index (χ4n) is 2.81. The highest BCUT2D eigenvalue weighted by Gasteiger charge is 2.25. The third kappa shape index (κ3) is 2.13. The van der Waals surface area contributed by atoms with E-state index < -0.39 is 0 Å². The molecule has 3 nitrogen and oxygen atoms in total. The molecule has 0 saturated carbocycles. The molecular weight excluding hydrogens is 300 g/mol. The van der Waals surface area contributed by atoms with Crippen molar-refractivity contribution in [2.24, 2.45) is 0 Å². The number of aryl methyl sites for hydroxylation is 1. The molecule has 1 aliphatic heterocycles. The van der Waals surface area contributed by atoms with Crippen LogP contribution in [0.4, 0.5) is 11.4 Å². The Kier molecular flexibility index (Phi) is 2.97. The third-order valence-electron chi connectivity index (χ3n) is 3.82.